The number of hydrogen-bond acceptors (Lipinski definition) is 4. The quantitative estimate of drug-likeness (QED) is 0.934. The Bertz CT molecular complexity index is 713. The van der Waals surface area contributed by atoms with Gasteiger partial charge in [-0.25, -0.2) is 4.98 Å². The summed E-state index contributed by atoms with van der Waals surface area (Å²) >= 11 is 0. The van der Waals surface area contributed by atoms with Crippen LogP contribution in [0.4, 0.5) is 0 Å². The summed E-state index contributed by atoms with van der Waals surface area (Å²) in [6.45, 7) is 8.24. The molecule has 2 fully saturated rings. The maximum atomic E-state index is 9.94. The lowest BCUT2D eigenvalue weighted by Gasteiger charge is -2.42. The van der Waals surface area contributed by atoms with Crippen molar-refractivity contribution in [1.82, 2.24) is 19.4 Å². The van der Waals surface area contributed by atoms with Gasteiger partial charge in [0.15, 0.2) is 0 Å². The van der Waals surface area contributed by atoms with Gasteiger partial charge >= 0.3 is 0 Å². The number of pyridine rings is 1. The number of fused-ring (bicyclic) bond motifs is 1. The second kappa shape index (κ2) is 6.31. The van der Waals surface area contributed by atoms with Gasteiger partial charge in [0.25, 0.3) is 0 Å². The van der Waals surface area contributed by atoms with Crippen LogP contribution in [0.15, 0.2) is 36.7 Å². The molecule has 3 atom stereocenters. The van der Waals surface area contributed by atoms with E-state index in [0.717, 1.165) is 38.4 Å². The first-order valence-electron chi connectivity index (χ1n) is 8.86. The van der Waals surface area contributed by atoms with Gasteiger partial charge in [0.2, 0.25) is 0 Å². The molecule has 2 aliphatic heterocycles. The number of piperazine rings is 1. The highest BCUT2D eigenvalue weighted by Crippen LogP contribution is 2.26. The van der Waals surface area contributed by atoms with Gasteiger partial charge in [0, 0.05) is 56.4 Å². The van der Waals surface area contributed by atoms with E-state index < -0.39 is 0 Å². The molecule has 1 N–H and O–H groups in total. The Labute approximate surface area is 143 Å². The third-order valence-corrected chi connectivity index (χ3v) is 5.48. The van der Waals surface area contributed by atoms with Crippen molar-refractivity contribution in [2.75, 3.05) is 19.6 Å². The van der Waals surface area contributed by atoms with Crippen LogP contribution < -0.4 is 0 Å². The van der Waals surface area contributed by atoms with Crippen LogP contribution in [0.3, 0.4) is 0 Å². The zero-order valence-electron chi connectivity index (χ0n) is 14.5. The van der Waals surface area contributed by atoms with Crippen LogP contribution in [0.2, 0.25) is 0 Å². The van der Waals surface area contributed by atoms with E-state index in [2.05, 4.69) is 57.6 Å². The zero-order chi connectivity index (χ0) is 16.7. The molecule has 0 bridgehead atoms. The molecule has 128 valence electrons. The van der Waals surface area contributed by atoms with E-state index in [9.17, 15) is 5.11 Å². The molecule has 2 aliphatic rings. The maximum Gasteiger partial charge on any atom is 0.139 e. The van der Waals surface area contributed by atoms with Crippen molar-refractivity contribution in [3.05, 3.63) is 47.9 Å². The molecule has 2 aromatic rings. The standard InChI is InChI=1S/C19H26N4O/c1-14-5-3-7-20-19(14)23-8-4-6-16(23)11-21-12-17-9-18(24)13-22(17)10-15(21)2/h3-8,15,17-18,24H,9-13H2,1-2H3/t15-,17?,18+/m0/s1. The summed E-state index contributed by atoms with van der Waals surface area (Å²) in [4.78, 5) is 9.56. The smallest absolute Gasteiger partial charge is 0.139 e. The van der Waals surface area contributed by atoms with Crippen LogP contribution >= 0.6 is 0 Å². The van der Waals surface area contributed by atoms with Crippen LogP contribution in [0.5, 0.6) is 0 Å². The summed E-state index contributed by atoms with van der Waals surface area (Å²) in [5.41, 5.74) is 2.46. The minimum absolute atomic E-state index is 0.151. The highest BCUT2D eigenvalue weighted by atomic mass is 16.3. The summed E-state index contributed by atoms with van der Waals surface area (Å²) in [5, 5.41) is 9.94. The fraction of sp³-hybridized carbons (Fsp3) is 0.526. The molecule has 2 saturated heterocycles. The van der Waals surface area contributed by atoms with Gasteiger partial charge in [0.1, 0.15) is 5.82 Å². The monoisotopic (exact) mass is 326 g/mol. The van der Waals surface area contributed by atoms with E-state index in [1.54, 1.807) is 0 Å². The second-order valence-corrected chi connectivity index (χ2v) is 7.29. The summed E-state index contributed by atoms with van der Waals surface area (Å²) in [6.07, 6.45) is 4.71. The molecular weight excluding hydrogens is 300 g/mol. The lowest BCUT2D eigenvalue weighted by Crippen LogP contribution is -2.54. The van der Waals surface area contributed by atoms with Gasteiger partial charge < -0.3 is 9.67 Å². The molecule has 0 spiro atoms. The molecule has 1 unspecified atom stereocenters. The lowest BCUT2D eigenvalue weighted by molar-refractivity contribution is 0.0517. The van der Waals surface area contributed by atoms with Crippen molar-refractivity contribution in [3.8, 4) is 5.82 Å². The highest BCUT2D eigenvalue weighted by molar-refractivity contribution is 5.35. The van der Waals surface area contributed by atoms with Gasteiger partial charge in [-0.2, -0.15) is 0 Å². The largest absolute Gasteiger partial charge is 0.392 e. The minimum Gasteiger partial charge on any atom is -0.392 e. The number of aliphatic hydroxyl groups is 1. The summed E-state index contributed by atoms with van der Waals surface area (Å²) < 4.78 is 2.21. The molecule has 4 heterocycles. The van der Waals surface area contributed by atoms with Gasteiger partial charge in [-0.3, -0.25) is 9.80 Å². The molecule has 5 heteroatoms. The molecular formula is C19H26N4O. The lowest BCUT2D eigenvalue weighted by atomic mass is 10.1. The third kappa shape index (κ3) is 2.88. The molecule has 4 rings (SSSR count). The number of hydrogen-bond donors (Lipinski definition) is 1. The van der Waals surface area contributed by atoms with Crippen LogP contribution in [0.1, 0.15) is 24.6 Å². The molecule has 0 radical (unpaired) electrons. The van der Waals surface area contributed by atoms with E-state index in [1.807, 2.05) is 12.3 Å². The molecule has 0 aromatic carbocycles. The minimum atomic E-state index is -0.151. The first-order chi connectivity index (χ1) is 11.6. The van der Waals surface area contributed by atoms with E-state index in [1.165, 1.54) is 11.3 Å². The molecule has 2 aromatic heterocycles. The Hall–Kier alpha value is -1.69. The fourth-order valence-corrected chi connectivity index (χ4v) is 4.19. The van der Waals surface area contributed by atoms with Gasteiger partial charge in [-0.05, 0) is 44.0 Å². The SMILES string of the molecule is Cc1cccnc1-n1cccc1CN1CC2C[C@@H](O)CN2C[C@@H]1C. The Morgan fingerprint density at radius 1 is 1.21 bits per heavy atom. The van der Waals surface area contributed by atoms with Crippen molar-refractivity contribution in [2.24, 2.45) is 0 Å². The number of aliphatic hydroxyl groups excluding tert-OH is 1. The summed E-state index contributed by atoms with van der Waals surface area (Å²) in [7, 11) is 0. The molecule has 5 nitrogen and oxygen atoms in total. The Balaban J connectivity index is 1.54. The van der Waals surface area contributed by atoms with E-state index in [-0.39, 0.29) is 6.10 Å². The van der Waals surface area contributed by atoms with E-state index in [0.29, 0.717) is 12.1 Å². The zero-order valence-corrected chi connectivity index (χ0v) is 14.5. The van der Waals surface area contributed by atoms with Crippen LogP contribution in [0.25, 0.3) is 5.82 Å². The fourth-order valence-electron chi connectivity index (χ4n) is 4.19. The molecule has 0 amide bonds. The van der Waals surface area contributed by atoms with Crippen molar-refractivity contribution in [1.29, 1.82) is 0 Å². The third-order valence-electron chi connectivity index (χ3n) is 5.48. The van der Waals surface area contributed by atoms with Crippen molar-refractivity contribution >= 4 is 0 Å². The van der Waals surface area contributed by atoms with Crippen molar-refractivity contribution in [2.45, 2.75) is 45.0 Å². The Morgan fingerprint density at radius 2 is 2.08 bits per heavy atom. The van der Waals surface area contributed by atoms with Crippen LogP contribution in [-0.2, 0) is 6.54 Å². The van der Waals surface area contributed by atoms with E-state index in [4.69, 9.17) is 0 Å². The number of nitrogens with zero attached hydrogens (tertiary/aromatic N) is 4. The number of rotatable bonds is 3. The predicted octanol–water partition coefficient (Wildman–Crippen LogP) is 1.82. The topological polar surface area (TPSA) is 44.5 Å². The van der Waals surface area contributed by atoms with Crippen LogP contribution in [-0.4, -0.2) is 62.3 Å². The van der Waals surface area contributed by atoms with Gasteiger partial charge in [0.05, 0.1) is 6.10 Å². The molecule has 24 heavy (non-hydrogen) atoms. The van der Waals surface area contributed by atoms with Crippen molar-refractivity contribution < 1.29 is 5.11 Å². The highest BCUT2D eigenvalue weighted by Gasteiger charge is 2.38. The maximum absolute atomic E-state index is 9.94. The van der Waals surface area contributed by atoms with Crippen molar-refractivity contribution in [3.63, 3.8) is 0 Å². The first kappa shape index (κ1) is 15.8. The predicted molar refractivity (Wildman–Crippen MR) is 94.2 cm³/mol. The summed E-state index contributed by atoms with van der Waals surface area (Å²) in [6, 6.07) is 9.37. The van der Waals surface area contributed by atoms with Gasteiger partial charge in [-0.1, -0.05) is 6.07 Å². The number of aryl methyl sites for hydroxylation is 1. The number of aromatic nitrogens is 2. The average Bonchev–Trinajstić information content (AvgIpc) is 3.14. The Morgan fingerprint density at radius 3 is 2.92 bits per heavy atom. The average molecular weight is 326 g/mol. The Kier molecular flexibility index (Phi) is 4.16. The van der Waals surface area contributed by atoms with Gasteiger partial charge in [-0.15, -0.1) is 0 Å². The molecule has 0 saturated carbocycles. The molecule has 0 aliphatic carbocycles. The second-order valence-electron chi connectivity index (χ2n) is 7.29. The van der Waals surface area contributed by atoms with Crippen LogP contribution in [0, 0.1) is 6.92 Å². The van der Waals surface area contributed by atoms with E-state index >= 15 is 0 Å². The summed E-state index contributed by atoms with van der Waals surface area (Å²) in [5.74, 6) is 1.01. The first-order valence-corrected chi connectivity index (χ1v) is 8.86. The normalized spacial score (nSPS) is 28.2.